The lowest BCUT2D eigenvalue weighted by Crippen LogP contribution is -2.50. The van der Waals surface area contributed by atoms with E-state index in [-0.39, 0.29) is 10.1 Å². The quantitative estimate of drug-likeness (QED) is 0.405. The van der Waals surface area contributed by atoms with Gasteiger partial charge in [0.2, 0.25) is 11.8 Å². The predicted molar refractivity (Wildman–Crippen MR) is 101 cm³/mol. The molecule has 2 fully saturated rings. The second kappa shape index (κ2) is 5.35. The number of hydrogen-bond donors (Lipinski definition) is 0. The molecule has 2 amide bonds. The number of fused-ring (bicyclic) bond motifs is 5. The number of hydrogen-bond acceptors (Lipinski definition) is 2. The Labute approximate surface area is 177 Å². The predicted octanol–water partition coefficient (Wildman–Crippen LogP) is 5.29. The number of imide groups is 1. The van der Waals surface area contributed by atoms with Gasteiger partial charge < -0.3 is 0 Å². The van der Waals surface area contributed by atoms with Gasteiger partial charge >= 0.3 is 0 Å². The Balaban J connectivity index is 1.90. The maximum absolute atomic E-state index is 13.0. The molecule has 2 bridgehead atoms. The number of carbonyl (C=O) groups is 2. The van der Waals surface area contributed by atoms with Gasteiger partial charge in [-0.15, -0.1) is 23.2 Å². The summed E-state index contributed by atoms with van der Waals surface area (Å²) in [6, 6.07) is 6.18. The highest BCUT2D eigenvalue weighted by atomic mass is 35.5. The first kappa shape index (κ1) is 18.5. The van der Waals surface area contributed by atoms with Gasteiger partial charge in [-0.1, -0.05) is 58.0 Å². The van der Waals surface area contributed by atoms with Crippen molar-refractivity contribution in [3.8, 4) is 0 Å². The minimum Gasteiger partial charge on any atom is -0.274 e. The molecule has 25 heavy (non-hydrogen) atoms. The average Bonchev–Trinajstić information content (AvgIpc) is 2.94. The lowest BCUT2D eigenvalue weighted by molar-refractivity contribution is -0.123. The number of nitrogens with zero attached hydrogens (tertiary/aromatic N) is 1. The summed E-state index contributed by atoms with van der Waals surface area (Å²) in [4.78, 5) is 23.5. The van der Waals surface area contributed by atoms with Gasteiger partial charge in [0.05, 0.1) is 27.6 Å². The van der Waals surface area contributed by atoms with Crippen LogP contribution >= 0.6 is 81.2 Å². The molecule has 0 aromatic heterocycles. The minimum absolute atomic E-state index is 0.115. The van der Waals surface area contributed by atoms with Crippen molar-refractivity contribution in [2.45, 2.75) is 14.1 Å². The number of amides is 2. The number of benzene rings is 1. The van der Waals surface area contributed by atoms with Gasteiger partial charge in [-0.2, -0.15) is 0 Å². The summed E-state index contributed by atoms with van der Waals surface area (Å²) in [6.07, 6.45) is 0. The number of halogens is 7. The highest BCUT2D eigenvalue weighted by Crippen LogP contribution is 2.77. The van der Waals surface area contributed by atoms with E-state index < -0.39 is 37.7 Å². The number of carbonyl (C=O) groups excluding carboxylic acids is 2. The average molecular weight is 480 g/mol. The molecule has 1 aromatic carbocycles. The molecule has 4 atom stereocenters. The van der Waals surface area contributed by atoms with E-state index in [1.54, 1.807) is 12.1 Å². The smallest absolute Gasteiger partial charge is 0.240 e. The highest BCUT2D eigenvalue weighted by molar-refractivity contribution is 6.67. The zero-order valence-corrected chi connectivity index (χ0v) is 17.2. The van der Waals surface area contributed by atoms with Crippen molar-refractivity contribution in [1.82, 2.24) is 0 Å². The van der Waals surface area contributed by atoms with E-state index in [0.29, 0.717) is 10.7 Å². The van der Waals surface area contributed by atoms with Gasteiger partial charge in [0.1, 0.15) is 9.75 Å². The molecule has 2 aliphatic carbocycles. The second-order valence-electron chi connectivity index (χ2n) is 6.07. The van der Waals surface area contributed by atoms with Crippen LogP contribution in [0.1, 0.15) is 0 Å². The topological polar surface area (TPSA) is 37.4 Å². The molecule has 0 radical (unpaired) electrons. The molecule has 1 saturated carbocycles. The van der Waals surface area contributed by atoms with Crippen LogP contribution in [0, 0.1) is 11.8 Å². The molecule has 1 saturated heterocycles. The largest absolute Gasteiger partial charge is 0.274 e. The Bertz CT molecular complexity index is 821. The van der Waals surface area contributed by atoms with Crippen LogP contribution in [0.2, 0.25) is 5.02 Å². The van der Waals surface area contributed by atoms with E-state index in [1.165, 1.54) is 12.1 Å². The monoisotopic (exact) mass is 477 g/mol. The number of allylic oxidation sites excluding steroid dienone is 2. The summed E-state index contributed by atoms with van der Waals surface area (Å²) in [6.45, 7) is 0. The van der Waals surface area contributed by atoms with Gasteiger partial charge in [0.15, 0.2) is 4.33 Å². The molecule has 10 heteroatoms. The molecule has 1 aliphatic heterocycles. The Morgan fingerprint density at radius 3 is 1.56 bits per heavy atom. The first-order valence-corrected chi connectivity index (χ1v) is 9.61. The summed E-state index contributed by atoms with van der Waals surface area (Å²) in [5.41, 5.74) is 0.329. The zero-order valence-electron chi connectivity index (χ0n) is 11.9. The van der Waals surface area contributed by atoms with E-state index in [0.717, 1.165) is 4.90 Å². The third kappa shape index (κ3) is 1.84. The summed E-state index contributed by atoms with van der Waals surface area (Å²) in [5.74, 6) is -3.47. The fourth-order valence-electron chi connectivity index (χ4n) is 3.84. The van der Waals surface area contributed by atoms with Crippen molar-refractivity contribution < 1.29 is 9.59 Å². The maximum atomic E-state index is 13.0. The van der Waals surface area contributed by atoms with Crippen LogP contribution in [-0.2, 0) is 9.59 Å². The van der Waals surface area contributed by atoms with Crippen molar-refractivity contribution in [1.29, 1.82) is 0 Å². The number of alkyl halides is 4. The third-order valence-electron chi connectivity index (χ3n) is 4.99. The normalized spacial score (nSPS) is 38.8. The van der Waals surface area contributed by atoms with Crippen LogP contribution < -0.4 is 4.90 Å². The lowest BCUT2D eigenvalue weighted by Gasteiger charge is -2.34. The molecule has 3 aliphatic rings. The van der Waals surface area contributed by atoms with Crippen LogP contribution in [0.15, 0.2) is 34.3 Å². The summed E-state index contributed by atoms with van der Waals surface area (Å²) in [5, 5.41) is 0.228. The van der Waals surface area contributed by atoms with E-state index in [1.807, 2.05) is 0 Å². The van der Waals surface area contributed by atoms with Crippen molar-refractivity contribution >= 4 is 98.7 Å². The van der Waals surface area contributed by atoms with E-state index in [9.17, 15) is 9.59 Å². The Morgan fingerprint density at radius 1 is 0.760 bits per heavy atom. The molecule has 132 valence electrons. The summed E-state index contributed by atoms with van der Waals surface area (Å²) >= 11 is 44.4. The van der Waals surface area contributed by atoms with Gasteiger partial charge in [-0.25, -0.2) is 4.90 Å². The molecule has 3 nitrogen and oxygen atoms in total. The Kier molecular flexibility index (Phi) is 3.96. The molecule has 0 unspecified atom stereocenters. The lowest BCUT2D eigenvalue weighted by atomic mass is 9.84. The van der Waals surface area contributed by atoms with E-state index in [2.05, 4.69) is 0 Å². The summed E-state index contributed by atoms with van der Waals surface area (Å²) < 4.78 is -1.93. The maximum Gasteiger partial charge on any atom is 0.240 e. The SMILES string of the molecule is O=C1[C@H]2[C@H](C(=O)N1c1ccc(Cl)cc1)[C@]1(Cl)C(Cl)=C(Cl)[C@]2(Cl)C1(Cl)Cl. The van der Waals surface area contributed by atoms with Crippen molar-refractivity contribution in [2.75, 3.05) is 4.90 Å². The minimum atomic E-state index is -1.93. The van der Waals surface area contributed by atoms with Crippen LogP contribution in [-0.4, -0.2) is 25.9 Å². The number of rotatable bonds is 1. The van der Waals surface area contributed by atoms with Crippen LogP contribution in [0.5, 0.6) is 0 Å². The van der Waals surface area contributed by atoms with Gasteiger partial charge in [-0.3, -0.25) is 9.59 Å². The molecular formula is C15H6Cl7NO2. The van der Waals surface area contributed by atoms with Crippen molar-refractivity contribution in [2.24, 2.45) is 11.8 Å². The van der Waals surface area contributed by atoms with Crippen molar-refractivity contribution in [3.63, 3.8) is 0 Å². The summed E-state index contributed by atoms with van der Waals surface area (Å²) in [7, 11) is 0. The third-order valence-corrected chi connectivity index (χ3v) is 9.50. The first-order valence-electron chi connectivity index (χ1n) is 6.96. The van der Waals surface area contributed by atoms with Gasteiger partial charge in [0.25, 0.3) is 0 Å². The number of anilines is 1. The Hall–Kier alpha value is 0.130. The van der Waals surface area contributed by atoms with E-state index >= 15 is 0 Å². The van der Waals surface area contributed by atoms with Gasteiger partial charge in [-0.05, 0) is 24.3 Å². The molecule has 0 N–H and O–H groups in total. The molecule has 1 heterocycles. The molecule has 0 spiro atoms. The molecule has 1 aromatic rings. The second-order valence-corrected chi connectivity index (χ2v) is 9.78. The molecular weight excluding hydrogens is 474 g/mol. The Morgan fingerprint density at radius 2 is 1.16 bits per heavy atom. The first-order chi connectivity index (χ1) is 11.5. The fourth-order valence-corrected chi connectivity index (χ4v) is 6.89. The standard InChI is InChI=1S/C15H6Cl7NO2/c16-5-1-3-6(4-2-5)23-11(24)7-8(12(23)25)14(20)10(18)9(17)13(7,19)15(14,21)22/h1-4,7-8H/t7-,8-,13+,14+/m1/s1. The van der Waals surface area contributed by atoms with Crippen LogP contribution in [0.3, 0.4) is 0 Å². The molecule has 4 rings (SSSR count). The van der Waals surface area contributed by atoms with Gasteiger partial charge in [0, 0.05) is 5.02 Å². The zero-order chi connectivity index (χ0) is 18.5. The fraction of sp³-hybridized carbons (Fsp3) is 0.333. The van der Waals surface area contributed by atoms with Crippen molar-refractivity contribution in [3.05, 3.63) is 39.4 Å². The van der Waals surface area contributed by atoms with Crippen LogP contribution in [0.25, 0.3) is 0 Å². The van der Waals surface area contributed by atoms with E-state index in [4.69, 9.17) is 81.2 Å². The van der Waals surface area contributed by atoms with Crippen LogP contribution in [0.4, 0.5) is 5.69 Å². The highest BCUT2D eigenvalue weighted by Gasteiger charge is 2.87.